The van der Waals surface area contributed by atoms with Gasteiger partial charge in [0, 0.05) is 0 Å². The van der Waals surface area contributed by atoms with Crippen molar-refractivity contribution in [2.75, 3.05) is 13.2 Å². The zero-order valence-corrected chi connectivity index (χ0v) is 10.4. The van der Waals surface area contributed by atoms with E-state index in [4.69, 9.17) is 9.26 Å². The number of hydrogen-bond donors (Lipinski definition) is 1. The molecule has 0 fully saturated rings. The van der Waals surface area contributed by atoms with Gasteiger partial charge in [-0.05, 0) is 18.7 Å². The average Bonchev–Trinajstić information content (AvgIpc) is 2.85. The summed E-state index contributed by atoms with van der Waals surface area (Å²) >= 11 is 0. The Labute approximate surface area is 106 Å². The predicted molar refractivity (Wildman–Crippen MR) is 67.3 cm³/mol. The van der Waals surface area contributed by atoms with Crippen LogP contribution in [0, 0.1) is 0 Å². The van der Waals surface area contributed by atoms with Gasteiger partial charge in [0.2, 0.25) is 5.89 Å². The molecule has 0 saturated heterocycles. The van der Waals surface area contributed by atoms with E-state index in [9.17, 15) is 0 Å². The molecule has 5 heteroatoms. The second-order valence-electron chi connectivity index (χ2n) is 3.80. The van der Waals surface area contributed by atoms with E-state index in [0.717, 1.165) is 12.3 Å². The van der Waals surface area contributed by atoms with Crippen LogP contribution in [0.5, 0.6) is 5.75 Å². The SMILES string of the molecule is CCNCc1noc(CCOc2ccccc2)n1. The first-order valence-corrected chi connectivity index (χ1v) is 6.08. The van der Waals surface area contributed by atoms with Crippen molar-refractivity contribution in [3.05, 3.63) is 42.0 Å². The fraction of sp³-hybridized carbons (Fsp3) is 0.385. The third kappa shape index (κ3) is 3.85. The maximum Gasteiger partial charge on any atom is 0.230 e. The molecular weight excluding hydrogens is 230 g/mol. The number of benzene rings is 1. The second-order valence-corrected chi connectivity index (χ2v) is 3.80. The number of hydrogen-bond acceptors (Lipinski definition) is 5. The van der Waals surface area contributed by atoms with Crippen LogP contribution in [-0.2, 0) is 13.0 Å². The molecule has 1 heterocycles. The maximum atomic E-state index is 5.56. The molecule has 1 N–H and O–H groups in total. The first kappa shape index (κ1) is 12.6. The molecule has 0 aliphatic carbocycles. The lowest BCUT2D eigenvalue weighted by molar-refractivity contribution is 0.291. The molecule has 0 atom stereocenters. The summed E-state index contributed by atoms with van der Waals surface area (Å²) < 4.78 is 10.7. The van der Waals surface area contributed by atoms with Gasteiger partial charge < -0.3 is 14.6 Å². The Kier molecular flexibility index (Phi) is 4.72. The van der Waals surface area contributed by atoms with Gasteiger partial charge in [-0.25, -0.2) is 0 Å². The summed E-state index contributed by atoms with van der Waals surface area (Å²) in [5.74, 6) is 2.15. The third-order valence-electron chi connectivity index (χ3n) is 2.37. The first-order valence-electron chi connectivity index (χ1n) is 6.08. The van der Waals surface area contributed by atoms with Crippen molar-refractivity contribution < 1.29 is 9.26 Å². The molecule has 0 amide bonds. The lowest BCUT2D eigenvalue weighted by atomic mass is 10.3. The highest BCUT2D eigenvalue weighted by atomic mass is 16.5. The Bertz CT molecular complexity index is 456. The van der Waals surface area contributed by atoms with E-state index >= 15 is 0 Å². The van der Waals surface area contributed by atoms with Gasteiger partial charge in [-0.1, -0.05) is 30.3 Å². The summed E-state index contributed by atoms with van der Waals surface area (Å²) in [6, 6.07) is 9.68. The minimum Gasteiger partial charge on any atom is -0.493 e. The third-order valence-corrected chi connectivity index (χ3v) is 2.37. The molecule has 0 aliphatic heterocycles. The molecule has 1 aromatic carbocycles. The molecule has 0 radical (unpaired) electrons. The van der Waals surface area contributed by atoms with Crippen LogP contribution >= 0.6 is 0 Å². The van der Waals surface area contributed by atoms with Crippen LogP contribution in [0.2, 0.25) is 0 Å². The van der Waals surface area contributed by atoms with Crippen molar-refractivity contribution in [2.24, 2.45) is 0 Å². The molecule has 0 bridgehead atoms. The monoisotopic (exact) mass is 247 g/mol. The van der Waals surface area contributed by atoms with E-state index in [1.807, 2.05) is 37.3 Å². The molecule has 96 valence electrons. The number of nitrogens with zero attached hydrogens (tertiary/aromatic N) is 2. The topological polar surface area (TPSA) is 60.2 Å². The van der Waals surface area contributed by atoms with Crippen LogP contribution in [0.3, 0.4) is 0 Å². The fourth-order valence-corrected chi connectivity index (χ4v) is 1.47. The van der Waals surface area contributed by atoms with E-state index in [1.165, 1.54) is 0 Å². The van der Waals surface area contributed by atoms with Gasteiger partial charge in [0.05, 0.1) is 19.6 Å². The lowest BCUT2D eigenvalue weighted by Crippen LogP contribution is -2.12. The predicted octanol–water partition coefficient (Wildman–Crippen LogP) is 1.80. The molecular formula is C13H17N3O2. The summed E-state index contributed by atoms with van der Waals surface area (Å²) in [5, 5.41) is 7.02. The van der Waals surface area contributed by atoms with E-state index in [2.05, 4.69) is 15.5 Å². The summed E-state index contributed by atoms with van der Waals surface area (Å²) in [6.45, 7) is 4.10. The fourth-order valence-electron chi connectivity index (χ4n) is 1.47. The molecule has 5 nitrogen and oxygen atoms in total. The summed E-state index contributed by atoms with van der Waals surface area (Å²) in [4.78, 5) is 4.26. The van der Waals surface area contributed by atoms with Crippen molar-refractivity contribution in [3.63, 3.8) is 0 Å². The lowest BCUT2D eigenvalue weighted by Gasteiger charge is -2.02. The number of ether oxygens (including phenoxy) is 1. The largest absolute Gasteiger partial charge is 0.493 e. The van der Waals surface area contributed by atoms with Gasteiger partial charge >= 0.3 is 0 Å². The number of aromatic nitrogens is 2. The van der Waals surface area contributed by atoms with Crippen molar-refractivity contribution in [2.45, 2.75) is 19.9 Å². The standard InChI is InChI=1S/C13H17N3O2/c1-2-14-10-12-15-13(18-16-12)8-9-17-11-6-4-3-5-7-11/h3-7,14H,2,8-10H2,1H3. The zero-order valence-electron chi connectivity index (χ0n) is 10.4. The van der Waals surface area contributed by atoms with E-state index in [0.29, 0.717) is 31.3 Å². The van der Waals surface area contributed by atoms with Crippen LogP contribution in [-0.4, -0.2) is 23.3 Å². The molecule has 0 unspecified atom stereocenters. The smallest absolute Gasteiger partial charge is 0.230 e. The van der Waals surface area contributed by atoms with Crippen LogP contribution in [0.1, 0.15) is 18.6 Å². The van der Waals surface area contributed by atoms with Crippen molar-refractivity contribution in [1.29, 1.82) is 0 Å². The van der Waals surface area contributed by atoms with E-state index in [-0.39, 0.29) is 0 Å². The van der Waals surface area contributed by atoms with E-state index in [1.54, 1.807) is 0 Å². The zero-order chi connectivity index (χ0) is 12.6. The van der Waals surface area contributed by atoms with Crippen LogP contribution in [0.15, 0.2) is 34.9 Å². The van der Waals surface area contributed by atoms with Crippen LogP contribution < -0.4 is 10.1 Å². The normalized spacial score (nSPS) is 10.5. The number of rotatable bonds is 7. The molecule has 18 heavy (non-hydrogen) atoms. The Morgan fingerprint density at radius 3 is 2.89 bits per heavy atom. The molecule has 0 aliphatic rings. The summed E-state index contributed by atoms with van der Waals surface area (Å²) in [6.07, 6.45) is 0.619. The van der Waals surface area contributed by atoms with Crippen molar-refractivity contribution >= 4 is 0 Å². The molecule has 0 spiro atoms. The highest BCUT2D eigenvalue weighted by Crippen LogP contribution is 2.08. The van der Waals surface area contributed by atoms with Gasteiger partial charge in [-0.3, -0.25) is 0 Å². The number of para-hydroxylation sites is 1. The van der Waals surface area contributed by atoms with Gasteiger partial charge in [0.1, 0.15) is 5.75 Å². The molecule has 1 aromatic heterocycles. The van der Waals surface area contributed by atoms with E-state index < -0.39 is 0 Å². The molecule has 0 saturated carbocycles. The highest BCUT2D eigenvalue weighted by molar-refractivity contribution is 5.20. The highest BCUT2D eigenvalue weighted by Gasteiger charge is 2.05. The van der Waals surface area contributed by atoms with Gasteiger partial charge in [0.15, 0.2) is 5.82 Å². The first-order chi connectivity index (χ1) is 8.88. The average molecular weight is 247 g/mol. The second kappa shape index (κ2) is 6.76. The van der Waals surface area contributed by atoms with Crippen LogP contribution in [0.4, 0.5) is 0 Å². The molecule has 2 aromatic rings. The Morgan fingerprint density at radius 1 is 1.28 bits per heavy atom. The van der Waals surface area contributed by atoms with Gasteiger partial charge in [-0.15, -0.1) is 0 Å². The van der Waals surface area contributed by atoms with Gasteiger partial charge in [0.25, 0.3) is 0 Å². The summed E-state index contributed by atoms with van der Waals surface area (Å²) in [7, 11) is 0. The number of nitrogens with one attached hydrogen (secondary N) is 1. The Morgan fingerprint density at radius 2 is 2.11 bits per heavy atom. The quantitative estimate of drug-likeness (QED) is 0.808. The van der Waals surface area contributed by atoms with Crippen LogP contribution in [0.25, 0.3) is 0 Å². The maximum absolute atomic E-state index is 5.56. The minimum atomic E-state index is 0.535. The Hall–Kier alpha value is -1.88. The molecule has 2 rings (SSSR count). The van der Waals surface area contributed by atoms with Gasteiger partial charge in [-0.2, -0.15) is 4.98 Å². The van der Waals surface area contributed by atoms with Crippen molar-refractivity contribution in [3.8, 4) is 5.75 Å². The minimum absolute atomic E-state index is 0.535. The summed E-state index contributed by atoms with van der Waals surface area (Å²) in [5.41, 5.74) is 0. The van der Waals surface area contributed by atoms with Crippen molar-refractivity contribution in [1.82, 2.24) is 15.5 Å². The Balaban J connectivity index is 1.75.